The van der Waals surface area contributed by atoms with Crippen LogP contribution in [0.5, 0.6) is 0 Å². The highest BCUT2D eigenvalue weighted by Gasteiger charge is 2.41. The van der Waals surface area contributed by atoms with Gasteiger partial charge in [0.25, 0.3) is 0 Å². The van der Waals surface area contributed by atoms with Crippen molar-refractivity contribution in [1.82, 2.24) is 0 Å². The third-order valence-corrected chi connectivity index (χ3v) is 21.2. The van der Waals surface area contributed by atoms with Crippen LogP contribution in [0.1, 0.15) is 77.0 Å². The molecule has 2 atom stereocenters. The van der Waals surface area contributed by atoms with Crippen LogP contribution in [0, 0.1) is 5.92 Å². The van der Waals surface area contributed by atoms with Crippen LogP contribution in [-0.4, -0.2) is 0 Å². The summed E-state index contributed by atoms with van der Waals surface area (Å²) in [6.07, 6.45) is 7.38. The second-order valence-electron chi connectivity index (χ2n) is 17.4. The molecular weight excluding hydrogens is 829 g/mol. The molecule has 2 unspecified atom stereocenters. The van der Waals surface area contributed by atoms with Gasteiger partial charge in [-0.1, -0.05) is 95.5 Å². The molecule has 10 aromatic rings. The van der Waals surface area contributed by atoms with E-state index < -0.39 is 0 Å². The lowest BCUT2D eigenvalue weighted by molar-refractivity contribution is 0.420. The average molecular weight is 875 g/mol. The van der Waals surface area contributed by atoms with Gasteiger partial charge in [0, 0.05) is 80.3 Å². The molecule has 1 aliphatic rings. The summed E-state index contributed by atoms with van der Waals surface area (Å²) in [5, 5.41) is 10.8. The number of unbranched alkanes of at least 4 members (excludes halogenated alkanes) is 1. The maximum absolute atomic E-state index is 2.51. The maximum Gasteiger partial charge on any atom is 0.0455 e. The maximum atomic E-state index is 2.51. The predicted octanol–water partition coefficient (Wildman–Crippen LogP) is 19.2. The molecule has 1 aliphatic carbocycles. The van der Waals surface area contributed by atoms with E-state index >= 15 is 0 Å². The van der Waals surface area contributed by atoms with Crippen LogP contribution in [0.2, 0.25) is 0 Å². The summed E-state index contributed by atoms with van der Waals surface area (Å²) in [7, 11) is 0. The highest BCUT2D eigenvalue weighted by molar-refractivity contribution is 7.30. The summed E-state index contributed by atoms with van der Waals surface area (Å²) in [6, 6.07) is 42.6. The Morgan fingerprint density at radius 1 is 0.441 bits per heavy atom. The van der Waals surface area contributed by atoms with Crippen molar-refractivity contribution in [2.75, 3.05) is 0 Å². The monoisotopic (exact) mass is 874 g/mol. The fraction of sp³-hybridized carbons (Fsp3) is 0.245. The van der Waals surface area contributed by atoms with E-state index in [9.17, 15) is 0 Å². The normalized spacial score (nSPS) is 15.6. The molecule has 6 aromatic heterocycles. The molecule has 294 valence electrons. The van der Waals surface area contributed by atoms with E-state index in [1.54, 1.807) is 5.57 Å². The molecule has 6 heterocycles. The Balaban J connectivity index is 0.872. The lowest BCUT2D eigenvalue weighted by Crippen LogP contribution is -2.23. The van der Waals surface area contributed by atoms with Crippen molar-refractivity contribution in [3.63, 3.8) is 0 Å². The number of benzene rings is 4. The van der Waals surface area contributed by atoms with Crippen molar-refractivity contribution in [3.05, 3.63) is 131 Å². The molecule has 4 aromatic carbocycles. The fourth-order valence-corrected chi connectivity index (χ4v) is 16.2. The van der Waals surface area contributed by atoms with Gasteiger partial charge in [-0.05, 0) is 130 Å². The van der Waals surface area contributed by atoms with E-state index in [1.165, 1.54) is 121 Å². The lowest BCUT2D eigenvalue weighted by Gasteiger charge is -2.28. The van der Waals surface area contributed by atoms with Crippen molar-refractivity contribution in [2.45, 2.75) is 78.1 Å². The molecule has 59 heavy (non-hydrogen) atoms. The molecule has 0 bridgehead atoms. The SMILES string of the molecule is CCCCC(C)(C)c1ccc(-c2ccc(-c3ccc(-c4ccc(-c5cc6c(ccc7c6ccc6c8ccc9sc(C(C)(CC)C%10C=C%10C)cc9c8ccc76)s5)s4)s3)s2)s1. The van der Waals surface area contributed by atoms with Crippen LogP contribution >= 0.6 is 68.0 Å². The van der Waals surface area contributed by atoms with E-state index in [4.69, 9.17) is 0 Å². The second kappa shape index (κ2) is 14.4. The zero-order chi connectivity index (χ0) is 40.2. The molecule has 0 radical (unpaired) electrons. The third-order valence-electron chi connectivity index (χ3n) is 13.2. The zero-order valence-corrected chi connectivity index (χ0v) is 39.2. The van der Waals surface area contributed by atoms with Gasteiger partial charge in [-0.2, -0.15) is 0 Å². The van der Waals surface area contributed by atoms with Crippen LogP contribution < -0.4 is 0 Å². The van der Waals surface area contributed by atoms with Gasteiger partial charge < -0.3 is 0 Å². The van der Waals surface area contributed by atoms with E-state index in [2.05, 4.69) is 157 Å². The lowest BCUT2D eigenvalue weighted by atomic mass is 9.78. The standard InChI is InChI=1S/C53H46S6/c1-7-9-26-52(4,5)50-25-24-47(59-50)46-21-20-43(56-46)42-18-19-44(55-42)45-22-23-48(57-45)49-28-37-35-12-10-32-31(33(35)14-16-40(37)54-49)11-13-36-34(32)15-17-41-38(36)29-51(58-41)53(6,8-2)39-27-30(39)3/h10-25,27-29,39H,7-9,26H2,1-6H3. The van der Waals surface area contributed by atoms with Crippen LogP contribution in [0.3, 0.4) is 0 Å². The molecule has 0 fully saturated rings. The van der Waals surface area contributed by atoms with Gasteiger partial charge in [0.2, 0.25) is 0 Å². The second-order valence-corrected chi connectivity index (χ2v) is 23.9. The van der Waals surface area contributed by atoms with Crippen molar-refractivity contribution in [2.24, 2.45) is 5.92 Å². The van der Waals surface area contributed by atoms with Crippen LogP contribution in [0.25, 0.3) is 91.5 Å². The first-order valence-corrected chi connectivity index (χ1v) is 25.9. The summed E-state index contributed by atoms with van der Waals surface area (Å²) in [6.45, 7) is 14.2. The minimum Gasteiger partial charge on any atom is -0.140 e. The van der Waals surface area contributed by atoms with Gasteiger partial charge in [0.1, 0.15) is 0 Å². The Kier molecular flexibility index (Phi) is 9.27. The van der Waals surface area contributed by atoms with Gasteiger partial charge >= 0.3 is 0 Å². The summed E-state index contributed by atoms with van der Waals surface area (Å²) >= 11 is 11.7. The van der Waals surface area contributed by atoms with Gasteiger partial charge in [0.05, 0.1) is 0 Å². The van der Waals surface area contributed by atoms with E-state index in [0.29, 0.717) is 5.92 Å². The van der Waals surface area contributed by atoms with E-state index in [-0.39, 0.29) is 10.8 Å². The van der Waals surface area contributed by atoms with Crippen LogP contribution in [0.15, 0.2) is 121 Å². The highest BCUT2D eigenvalue weighted by atomic mass is 32.1. The molecular formula is C53H46S6. The van der Waals surface area contributed by atoms with E-state index in [1.807, 2.05) is 68.0 Å². The molecule has 6 heteroatoms. The Morgan fingerprint density at radius 2 is 0.864 bits per heavy atom. The summed E-state index contributed by atoms with van der Waals surface area (Å²) in [5.41, 5.74) is 1.97. The number of allylic oxidation sites excluding steroid dienone is 2. The molecule has 0 spiro atoms. The number of hydrogen-bond donors (Lipinski definition) is 0. The van der Waals surface area contributed by atoms with Crippen molar-refractivity contribution in [1.29, 1.82) is 0 Å². The highest BCUT2D eigenvalue weighted by Crippen LogP contribution is 2.52. The Morgan fingerprint density at radius 3 is 1.36 bits per heavy atom. The molecule has 0 saturated heterocycles. The first kappa shape index (κ1) is 38.1. The largest absolute Gasteiger partial charge is 0.140 e. The van der Waals surface area contributed by atoms with Crippen LogP contribution in [0.4, 0.5) is 0 Å². The smallest absolute Gasteiger partial charge is 0.0455 e. The van der Waals surface area contributed by atoms with E-state index in [0.717, 1.165) is 6.42 Å². The zero-order valence-electron chi connectivity index (χ0n) is 34.3. The molecule has 0 nitrogen and oxygen atoms in total. The van der Waals surface area contributed by atoms with Crippen LogP contribution in [-0.2, 0) is 10.8 Å². The van der Waals surface area contributed by atoms with Crippen molar-refractivity contribution >= 4 is 121 Å². The number of thiophene rings is 6. The molecule has 11 rings (SSSR count). The summed E-state index contributed by atoms with van der Waals surface area (Å²) < 4.78 is 2.75. The number of rotatable bonds is 11. The molecule has 0 saturated carbocycles. The summed E-state index contributed by atoms with van der Waals surface area (Å²) in [5.74, 6) is 0.606. The number of hydrogen-bond acceptors (Lipinski definition) is 6. The fourth-order valence-electron chi connectivity index (χ4n) is 9.31. The van der Waals surface area contributed by atoms with Gasteiger partial charge in [-0.15, -0.1) is 68.0 Å². The Hall–Kier alpha value is -3.88. The average Bonchev–Trinajstić information content (AvgIpc) is 4.01. The minimum atomic E-state index is 0.187. The van der Waals surface area contributed by atoms with Crippen molar-refractivity contribution < 1.29 is 0 Å². The molecule has 0 amide bonds. The molecule has 0 N–H and O–H groups in total. The van der Waals surface area contributed by atoms with Gasteiger partial charge in [0.15, 0.2) is 0 Å². The topological polar surface area (TPSA) is 0 Å². The van der Waals surface area contributed by atoms with Gasteiger partial charge in [-0.3, -0.25) is 0 Å². The number of fused-ring (bicyclic) bond motifs is 9. The first-order valence-electron chi connectivity index (χ1n) is 21.0. The summed E-state index contributed by atoms with van der Waals surface area (Å²) in [4.78, 5) is 13.9. The Bertz CT molecular complexity index is 3270. The quantitative estimate of drug-likeness (QED) is 0.0897. The van der Waals surface area contributed by atoms with Crippen molar-refractivity contribution in [3.8, 4) is 39.0 Å². The van der Waals surface area contributed by atoms with Gasteiger partial charge in [-0.25, -0.2) is 0 Å². The predicted molar refractivity (Wildman–Crippen MR) is 270 cm³/mol. The minimum absolute atomic E-state index is 0.187. The molecule has 0 aliphatic heterocycles. The first-order chi connectivity index (χ1) is 28.6. The Labute approximate surface area is 371 Å². The third kappa shape index (κ3) is 6.35.